The number of anilines is 1. The number of benzene rings is 3. The standard InChI is InChI=1S/C32H40BrNOSi/c1-25-23-26(33)15-16-30(25)34-22-21-32(24-34)19-17-27(18-20-32)35-36(31(2,3)4,28-11-7-5-8-12-28)29-13-9-6-10-14-29/h5-16,23,27H,17-22,24H2,1-4H3. The lowest BCUT2D eigenvalue weighted by molar-refractivity contribution is 0.0833. The average Bonchev–Trinajstić information content (AvgIpc) is 3.27. The highest BCUT2D eigenvalue weighted by atomic mass is 79.9. The fourth-order valence-electron chi connectivity index (χ4n) is 6.79. The van der Waals surface area contributed by atoms with Crippen LogP contribution in [0, 0.1) is 12.3 Å². The number of hydrogen-bond acceptors (Lipinski definition) is 2. The molecule has 1 saturated heterocycles. The first-order valence-corrected chi connectivity index (χ1v) is 16.2. The third-order valence-electron chi connectivity index (χ3n) is 8.69. The zero-order valence-corrected chi connectivity index (χ0v) is 24.9. The molecule has 1 spiro atoms. The fourth-order valence-corrected chi connectivity index (χ4v) is 12.0. The second-order valence-electron chi connectivity index (χ2n) is 12.1. The van der Waals surface area contributed by atoms with Crippen LogP contribution >= 0.6 is 15.9 Å². The summed E-state index contributed by atoms with van der Waals surface area (Å²) in [5, 5.41) is 2.82. The molecule has 0 atom stereocenters. The van der Waals surface area contributed by atoms with Crippen molar-refractivity contribution in [1.82, 2.24) is 0 Å². The van der Waals surface area contributed by atoms with E-state index in [1.54, 1.807) is 0 Å². The molecule has 5 rings (SSSR count). The van der Waals surface area contributed by atoms with Gasteiger partial charge < -0.3 is 9.33 Å². The molecule has 1 aliphatic carbocycles. The Hall–Kier alpha value is -1.88. The van der Waals surface area contributed by atoms with Crippen molar-refractivity contribution in [2.45, 2.75) is 70.9 Å². The van der Waals surface area contributed by atoms with Crippen molar-refractivity contribution in [1.29, 1.82) is 0 Å². The summed E-state index contributed by atoms with van der Waals surface area (Å²) in [6.07, 6.45) is 6.48. The third kappa shape index (κ3) is 4.84. The maximum absolute atomic E-state index is 7.48. The maximum atomic E-state index is 7.48. The van der Waals surface area contributed by atoms with Crippen molar-refractivity contribution >= 4 is 40.3 Å². The van der Waals surface area contributed by atoms with Gasteiger partial charge in [0.2, 0.25) is 0 Å². The lowest BCUT2D eigenvalue weighted by Crippen LogP contribution is -2.68. The van der Waals surface area contributed by atoms with Gasteiger partial charge in [0.25, 0.3) is 8.32 Å². The van der Waals surface area contributed by atoms with E-state index in [-0.39, 0.29) is 5.04 Å². The zero-order valence-electron chi connectivity index (χ0n) is 22.3. The molecule has 0 N–H and O–H groups in total. The highest BCUT2D eigenvalue weighted by molar-refractivity contribution is 9.10. The van der Waals surface area contributed by atoms with Crippen LogP contribution in [0.3, 0.4) is 0 Å². The Morgan fingerprint density at radius 3 is 1.97 bits per heavy atom. The molecule has 0 unspecified atom stereocenters. The Kier molecular flexibility index (Phi) is 7.24. The van der Waals surface area contributed by atoms with E-state index < -0.39 is 8.32 Å². The molecule has 1 saturated carbocycles. The molecule has 1 heterocycles. The van der Waals surface area contributed by atoms with Crippen LogP contribution in [0.25, 0.3) is 0 Å². The molecular weight excluding hydrogens is 522 g/mol. The first-order valence-electron chi connectivity index (χ1n) is 13.5. The van der Waals surface area contributed by atoms with E-state index in [0.29, 0.717) is 11.5 Å². The molecular formula is C32H40BrNOSi. The lowest BCUT2D eigenvalue weighted by Gasteiger charge is -2.47. The predicted octanol–water partition coefficient (Wildman–Crippen LogP) is 7.47. The Morgan fingerprint density at radius 1 is 0.861 bits per heavy atom. The number of halogens is 1. The smallest absolute Gasteiger partial charge is 0.261 e. The van der Waals surface area contributed by atoms with Gasteiger partial charge in [-0.15, -0.1) is 0 Å². The minimum atomic E-state index is -2.48. The summed E-state index contributed by atoms with van der Waals surface area (Å²) in [4.78, 5) is 2.63. The summed E-state index contributed by atoms with van der Waals surface area (Å²) in [5.41, 5.74) is 3.20. The lowest BCUT2D eigenvalue weighted by atomic mass is 9.72. The Bertz CT molecular complexity index is 1130. The van der Waals surface area contributed by atoms with Crippen LogP contribution in [0.15, 0.2) is 83.3 Å². The van der Waals surface area contributed by atoms with Crippen LogP contribution in [0.2, 0.25) is 5.04 Å². The van der Waals surface area contributed by atoms with Gasteiger partial charge in [-0.2, -0.15) is 0 Å². The molecule has 36 heavy (non-hydrogen) atoms. The van der Waals surface area contributed by atoms with Crippen LogP contribution in [0.4, 0.5) is 5.69 Å². The van der Waals surface area contributed by atoms with E-state index in [9.17, 15) is 0 Å². The number of hydrogen-bond donors (Lipinski definition) is 0. The van der Waals surface area contributed by atoms with E-state index in [0.717, 1.165) is 12.8 Å². The summed E-state index contributed by atoms with van der Waals surface area (Å²) in [7, 11) is -2.48. The molecule has 0 radical (unpaired) electrons. The van der Waals surface area contributed by atoms with Crippen molar-refractivity contribution in [3.8, 4) is 0 Å². The molecule has 2 fully saturated rings. The van der Waals surface area contributed by atoms with Crippen LogP contribution in [0.5, 0.6) is 0 Å². The number of rotatable bonds is 5. The van der Waals surface area contributed by atoms with Gasteiger partial charge in [0.15, 0.2) is 0 Å². The number of nitrogens with zero attached hydrogens (tertiary/aromatic N) is 1. The molecule has 0 amide bonds. The molecule has 190 valence electrons. The molecule has 0 bridgehead atoms. The SMILES string of the molecule is Cc1cc(Br)ccc1N1CCC2(CCC(O[Si](c3ccccc3)(c3ccccc3)C(C)(C)C)CC2)C1. The third-order valence-corrected chi connectivity index (χ3v) is 14.3. The highest BCUT2D eigenvalue weighted by Gasteiger charge is 2.52. The molecule has 3 aromatic rings. The fraction of sp³-hybridized carbons (Fsp3) is 0.438. The van der Waals surface area contributed by atoms with E-state index in [2.05, 4.69) is 127 Å². The van der Waals surface area contributed by atoms with Gasteiger partial charge in [-0.1, -0.05) is 97.4 Å². The quantitative estimate of drug-likeness (QED) is 0.299. The van der Waals surface area contributed by atoms with Crippen LogP contribution < -0.4 is 15.3 Å². The Morgan fingerprint density at radius 2 is 1.44 bits per heavy atom. The summed E-state index contributed by atoms with van der Waals surface area (Å²) in [6, 6.07) is 28.9. The molecule has 2 nitrogen and oxygen atoms in total. The summed E-state index contributed by atoms with van der Waals surface area (Å²) in [5.74, 6) is 0. The van der Waals surface area contributed by atoms with E-state index in [1.807, 2.05) is 0 Å². The Labute approximate surface area is 227 Å². The maximum Gasteiger partial charge on any atom is 0.261 e. The summed E-state index contributed by atoms with van der Waals surface area (Å²) < 4.78 is 8.65. The van der Waals surface area contributed by atoms with Crippen LogP contribution in [-0.4, -0.2) is 27.5 Å². The second-order valence-corrected chi connectivity index (χ2v) is 17.3. The van der Waals surface area contributed by atoms with Crippen molar-refractivity contribution in [2.75, 3.05) is 18.0 Å². The van der Waals surface area contributed by atoms with Gasteiger partial charge in [-0.3, -0.25) is 0 Å². The Balaban J connectivity index is 1.37. The van der Waals surface area contributed by atoms with E-state index >= 15 is 0 Å². The van der Waals surface area contributed by atoms with Gasteiger partial charge in [-0.25, -0.2) is 0 Å². The van der Waals surface area contributed by atoms with Gasteiger partial charge in [0.1, 0.15) is 0 Å². The second kappa shape index (κ2) is 10.1. The van der Waals surface area contributed by atoms with Crippen molar-refractivity contribution in [3.63, 3.8) is 0 Å². The van der Waals surface area contributed by atoms with Crippen molar-refractivity contribution in [3.05, 3.63) is 88.9 Å². The normalized spacial score (nSPS) is 22.8. The average molecular weight is 563 g/mol. The van der Waals surface area contributed by atoms with Crippen LogP contribution in [-0.2, 0) is 4.43 Å². The summed E-state index contributed by atoms with van der Waals surface area (Å²) in [6.45, 7) is 11.8. The van der Waals surface area contributed by atoms with Gasteiger partial charge in [0.05, 0.1) is 0 Å². The molecule has 0 aromatic heterocycles. The van der Waals surface area contributed by atoms with E-state index in [4.69, 9.17) is 4.43 Å². The highest BCUT2D eigenvalue weighted by Crippen LogP contribution is 2.47. The minimum absolute atomic E-state index is 0.0358. The van der Waals surface area contributed by atoms with Crippen molar-refractivity contribution < 1.29 is 4.43 Å². The summed E-state index contributed by atoms with van der Waals surface area (Å²) >= 11 is 3.62. The molecule has 1 aliphatic heterocycles. The van der Waals surface area contributed by atoms with Crippen LogP contribution in [0.1, 0.15) is 58.4 Å². The minimum Gasteiger partial charge on any atom is -0.404 e. The number of aryl methyl sites for hydroxylation is 1. The van der Waals surface area contributed by atoms with Crippen molar-refractivity contribution in [2.24, 2.45) is 5.41 Å². The first-order chi connectivity index (χ1) is 17.2. The monoisotopic (exact) mass is 561 g/mol. The largest absolute Gasteiger partial charge is 0.404 e. The predicted molar refractivity (Wildman–Crippen MR) is 159 cm³/mol. The first kappa shape index (κ1) is 25.8. The van der Waals surface area contributed by atoms with E-state index in [1.165, 1.54) is 58.4 Å². The van der Waals surface area contributed by atoms with Gasteiger partial charge >= 0.3 is 0 Å². The molecule has 3 aromatic carbocycles. The molecule has 2 aliphatic rings. The van der Waals surface area contributed by atoms with Gasteiger partial charge in [0, 0.05) is 29.4 Å². The molecule has 4 heteroatoms. The zero-order chi connectivity index (χ0) is 25.4. The topological polar surface area (TPSA) is 12.5 Å². The van der Waals surface area contributed by atoms with Gasteiger partial charge in [-0.05, 0) is 83.6 Å².